The maximum Gasteiger partial charge on any atom is 0.423 e. The number of rotatable bonds is 3. The van der Waals surface area contributed by atoms with Crippen LogP contribution in [0.25, 0.3) is 0 Å². The van der Waals surface area contributed by atoms with E-state index < -0.39 is 27.7 Å². The number of aromatic hydroxyl groups is 2. The van der Waals surface area contributed by atoms with E-state index in [4.69, 9.17) is 10.2 Å². The summed E-state index contributed by atoms with van der Waals surface area (Å²) in [6.45, 7) is -0.339. The Morgan fingerprint density at radius 3 is 2.31 bits per heavy atom. The Morgan fingerprint density at radius 1 is 1.38 bits per heavy atom. The van der Waals surface area contributed by atoms with Crippen molar-refractivity contribution in [1.82, 2.24) is 4.57 Å². The molecule has 0 fully saturated rings. The molecule has 0 radical (unpaired) electrons. The molecule has 0 aliphatic rings. The highest BCUT2D eigenvalue weighted by atomic mass is 32.2. The van der Waals surface area contributed by atoms with Crippen molar-refractivity contribution in [1.29, 1.82) is 0 Å². The maximum atomic E-state index is 11.3. The number of sulfone groups is 1. The predicted molar refractivity (Wildman–Crippen MR) is 54.2 cm³/mol. The van der Waals surface area contributed by atoms with Gasteiger partial charge in [0.2, 0.25) is 11.8 Å². The Morgan fingerprint density at radius 2 is 1.88 bits per heavy atom. The molecule has 1 heterocycles. The summed E-state index contributed by atoms with van der Waals surface area (Å²) in [7, 11) is -3.22. The van der Waals surface area contributed by atoms with Crippen molar-refractivity contribution in [3.63, 3.8) is 0 Å². The van der Waals surface area contributed by atoms with Crippen LogP contribution in [0.5, 0.6) is 11.8 Å². The molecule has 90 valence electrons. The Balaban J connectivity index is 2.61. The van der Waals surface area contributed by atoms with E-state index in [0.717, 1.165) is 18.4 Å². The second-order valence-corrected chi connectivity index (χ2v) is 5.39. The van der Waals surface area contributed by atoms with Gasteiger partial charge in [-0.3, -0.25) is 0 Å². The fraction of sp³-hybridized carbons (Fsp3) is 0.375. The van der Waals surface area contributed by atoms with Gasteiger partial charge in [-0.1, -0.05) is 0 Å². The molecule has 2 N–H and O–H groups in total. The molecule has 1 aromatic heterocycles. The fourth-order valence-electron chi connectivity index (χ4n) is 0.947. The Bertz CT molecular complexity index is 469. The Labute approximate surface area is 91.8 Å². The molecule has 0 aliphatic heterocycles. The average Bonchev–Trinajstić information content (AvgIpc) is 2.43. The SMILES string of the molecule is CS(=O)(=O)CCOC(=O)n1c(O)ccc1O. The highest BCUT2D eigenvalue weighted by Crippen LogP contribution is 2.20. The van der Waals surface area contributed by atoms with E-state index in [-0.39, 0.29) is 12.4 Å². The van der Waals surface area contributed by atoms with Gasteiger partial charge < -0.3 is 14.9 Å². The van der Waals surface area contributed by atoms with Gasteiger partial charge in [-0.05, 0) is 0 Å². The molecule has 0 unspecified atom stereocenters. The normalized spacial score (nSPS) is 11.3. The molecule has 0 spiro atoms. The van der Waals surface area contributed by atoms with Gasteiger partial charge in [-0.2, -0.15) is 4.57 Å². The standard InChI is InChI=1S/C8H11NO6S/c1-16(13,14)5-4-15-8(12)9-6(10)2-3-7(9)11/h2-3,10-11H,4-5H2,1H3. The number of ether oxygens (including phenoxy) is 1. The monoisotopic (exact) mass is 249 g/mol. The largest absolute Gasteiger partial charge is 0.494 e. The molecule has 0 aliphatic carbocycles. The number of carbonyl (C=O) groups excluding carboxylic acids is 1. The van der Waals surface area contributed by atoms with Crippen molar-refractivity contribution < 1.29 is 28.2 Å². The van der Waals surface area contributed by atoms with Crippen LogP contribution >= 0.6 is 0 Å². The molecule has 0 atom stereocenters. The average molecular weight is 249 g/mol. The molecule has 0 amide bonds. The first kappa shape index (κ1) is 12.4. The van der Waals surface area contributed by atoms with E-state index >= 15 is 0 Å². The highest BCUT2D eigenvalue weighted by molar-refractivity contribution is 7.90. The first-order valence-corrected chi connectivity index (χ1v) is 6.32. The molecule has 0 saturated heterocycles. The van der Waals surface area contributed by atoms with Gasteiger partial charge in [0.1, 0.15) is 6.61 Å². The van der Waals surface area contributed by atoms with Crippen molar-refractivity contribution in [2.24, 2.45) is 0 Å². The van der Waals surface area contributed by atoms with E-state index in [9.17, 15) is 13.2 Å². The number of carbonyl (C=O) groups is 1. The topological polar surface area (TPSA) is 106 Å². The Kier molecular flexibility index (Phi) is 3.43. The van der Waals surface area contributed by atoms with Crippen LogP contribution < -0.4 is 0 Å². The quantitative estimate of drug-likeness (QED) is 0.776. The molecule has 8 heteroatoms. The predicted octanol–water partition coefficient (Wildman–Crippen LogP) is -0.0714. The van der Waals surface area contributed by atoms with E-state index in [1.165, 1.54) is 0 Å². The Hall–Kier alpha value is -1.70. The molecule has 1 aromatic rings. The zero-order valence-corrected chi connectivity index (χ0v) is 9.27. The summed E-state index contributed by atoms with van der Waals surface area (Å²) in [4.78, 5) is 11.3. The zero-order chi connectivity index (χ0) is 12.3. The van der Waals surface area contributed by atoms with Crippen molar-refractivity contribution in [3.05, 3.63) is 12.1 Å². The molecule has 7 nitrogen and oxygen atoms in total. The van der Waals surface area contributed by atoms with Crippen LogP contribution in [0, 0.1) is 0 Å². The summed E-state index contributed by atoms with van der Waals surface area (Å²) >= 11 is 0. The first-order chi connectivity index (χ1) is 7.31. The lowest BCUT2D eigenvalue weighted by Gasteiger charge is -2.06. The summed E-state index contributed by atoms with van der Waals surface area (Å²) < 4.78 is 26.5. The maximum absolute atomic E-state index is 11.3. The van der Waals surface area contributed by atoms with Crippen LogP contribution in [0.15, 0.2) is 12.1 Å². The van der Waals surface area contributed by atoms with Crippen LogP contribution in [-0.2, 0) is 14.6 Å². The van der Waals surface area contributed by atoms with Crippen LogP contribution in [0.4, 0.5) is 4.79 Å². The summed E-state index contributed by atoms with van der Waals surface area (Å²) in [5.74, 6) is -1.29. The van der Waals surface area contributed by atoms with Gasteiger partial charge in [0.25, 0.3) is 0 Å². The van der Waals surface area contributed by atoms with Gasteiger partial charge in [0.05, 0.1) is 5.75 Å². The second-order valence-electron chi connectivity index (χ2n) is 3.13. The number of hydrogen-bond acceptors (Lipinski definition) is 6. The molecular formula is C8H11NO6S. The number of hydrogen-bond donors (Lipinski definition) is 2. The van der Waals surface area contributed by atoms with Gasteiger partial charge >= 0.3 is 6.09 Å². The van der Waals surface area contributed by atoms with E-state index in [1.54, 1.807) is 0 Å². The van der Waals surface area contributed by atoms with Crippen molar-refractivity contribution >= 4 is 15.9 Å². The van der Waals surface area contributed by atoms with Crippen LogP contribution in [0.2, 0.25) is 0 Å². The van der Waals surface area contributed by atoms with Crippen molar-refractivity contribution in [2.45, 2.75) is 0 Å². The zero-order valence-electron chi connectivity index (χ0n) is 8.45. The van der Waals surface area contributed by atoms with E-state index in [2.05, 4.69) is 4.74 Å². The smallest absolute Gasteiger partial charge is 0.423 e. The molecule has 16 heavy (non-hydrogen) atoms. The molecule has 0 bridgehead atoms. The number of aromatic nitrogens is 1. The lowest BCUT2D eigenvalue weighted by atomic mass is 10.6. The second kappa shape index (κ2) is 4.44. The van der Waals surface area contributed by atoms with E-state index in [0.29, 0.717) is 4.57 Å². The lowest BCUT2D eigenvalue weighted by molar-refractivity contribution is 0.149. The van der Waals surface area contributed by atoms with Gasteiger partial charge in [-0.25, -0.2) is 13.2 Å². The van der Waals surface area contributed by atoms with Crippen molar-refractivity contribution in [2.75, 3.05) is 18.6 Å². The highest BCUT2D eigenvalue weighted by Gasteiger charge is 2.15. The molecule has 1 rings (SSSR count). The first-order valence-electron chi connectivity index (χ1n) is 4.26. The molecule has 0 saturated carbocycles. The van der Waals surface area contributed by atoms with Gasteiger partial charge in [0.15, 0.2) is 9.84 Å². The van der Waals surface area contributed by atoms with Gasteiger partial charge in [-0.15, -0.1) is 0 Å². The third-order valence-corrected chi connectivity index (χ3v) is 2.61. The third kappa shape index (κ3) is 3.16. The molecule has 0 aromatic carbocycles. The molecular weight excluding hydrogens is 238 g/mol. The summed E-state index contributed by atoms with van der Waals surface area (Å²) in [6, 6.07) is 2.21. The minimum atomic E-state index is -3.22. The van der Waals surface area contributed by atoms with Crippen LogP contribution in [-0.4, -0.2) is 47.9 Å². The fourth-order valence-corrected chi connectivity index (χ4v) is 1.33. The summed E-state index contributed by atoms with van der Waals surface area (Å²) in [5, 5.41) is 18.3. The van der Waals surface area contributed by atoms with Crippen LogP contribution in [0.3, 0.4) is 0 Å². The number of nitrogens with zero attached hydrogens (tertiary/aromatic N) is 1. The minimum absolute atomic E-state index is 0.318. The summed E-state index contributed by atoms with van der Waals surface area (Å²) in [5.41, 5.74) is 0. The van der Waals surface area contributed by atoms with Gasteiger partial charge in [0, 0.05) is 18.4 Å². The minimum Gasteiger partial charge on any atom is -0.494 e. The third-order valence-electron chi connectivity index (χ3n) is 1.70. The van der Waals surface area contributed by atoms with E-state index in [1.807, 2.05) is 0 Å². The lowest BCUT2D eigenvalue weighted by Crippen LogP contribution is -2.18. The summed E-state index contributed by atoms with van der Waals surface area (Å²) in [6.07, 6.45) is -0.0329. The van der Waals surface area contributed by atoms with Crippen LogP contribution in [0.1, 0.15) is 0 Å². The van der Waals surface area contributed by atoms with Crippen molar-refractivity contribution in [3.8, 4) is 11.8 Å².